The minimum atomic E-state index is -0.362. The van der Waals surface area contributed by atoms with Crippen molar-refractivity contribution < 1.29 is 4.92 Å². The lowest BCUT2D eigenvalue weighted by atomic mass is 10.1. The topological polar surface area (TPSA) is 90.0 Å². The van der Waals surface area contributed by atoms with Crippen LogP contribution >= 0.6 is 0 Å². The van der Waals surface area contributed by atoms with Gasteiger partial charge in [-0.2, -0.15) is 4.68 Å². The van der Waals surface area contributed by atoms with E-state index in [1.165, 1.54) is 6.07 Å². The van der Waals surface area contributed by atoms with Crippen LogP contribution in [-0.2, 0) is 13.0 Å². The number of tetrazole rings is 1. The first kappa shape index (κ1) is 14.3. The molecule has 0 atom stereocenters. The largest absolute Gasteiger partial charge is 0.363 e. The van der Waals surface area contributed by atoms with Crippen molar-refractivity contribution in [3.8, 4) is 5.69 Å². The molecular weight excluding hydrogens is 308 g/mol. The zero-order valence-electron chi connectivity index (χ0n) is 12.7. The van der Waals surface area contributed by atoms with Crippen LogP contribution in [-0.4, -0.2) is 31.7 Å². The number of hydrogen-bond donors (Lipinski definition) is 0. The van der Waals surface area contributed by atoms with E-state index in [2.05, 4.69) is 20.4 Å². The SMILES string of the molecule is O=[N+]([O-])c1ccc2c(c1)CCN2Cc1nnnn1-c1ccccc1. The summed E-state index contributed by atoms with van der Waals surface area (Å²) in [6.07, 6.45) is 0.782. The van der Waals surface area contributed by atoms with Crippen LogP contribution in [0.3, 0.4) is 0 Å². The minimum absolute atomic E-state index is 0.129. The number of nitro benzene ring substituents is 1. The number of nitrogens with zero attached hydrogens (tertiary/aromatic N) is 6. The number of nitro groups is 1. The number of aromatic nitrogens is 4. The maximum absolute atomic E-state index is 10.9. The molecule has 120 valence electrons. The molecule has 0 saturated heterocycles. The Balaban J connectivity index is 1.61. The van der Waals surface area contributed by atoms with Gasteiger partial charge in [0, 0.05) is 24.4 Å². The van der Waals surface area contributed by atoms with Gasteiger partial charge in [-0.25, -0.2) is 0 Å². The Morgan fingerprint density at radius 3 is 2.79 bits per heavy atom. The molecule has 8 heteroatoms. The Hall–Kier alpha value is -3.29. The Morgan fingerprint density at radius 2 is 2.00 bits per heavy atom. The van der Waals surface area contributed by atoms with Crippen LogP contribution in [0.5, 0.6) is 0 Å². The quantitative estimate of drug-likeness (QED) is 0.540. The molecule has 0 spiro atoms. The summed E-state index contributed by atoms with van der Waals surface area (Å²) in [5.41, 5.74) is 3.02. The first-order valence-electron chi connectivity index (χ1n) is 7.57. The summed E-state index contributed by atoms with van der Waals surface area (Å²) in [6.45, 7) is 1.34. The summed E-state index contributed by atoms with van der Waals surface area (Å²) < 4.78 is 1.71. The molecule has 0 unspecified atom stereocenters. The maximum Gasteiger partial charge on any atom is 0.269 e. The monoisotopic (exact) mass is 322 g/mol. The van der Waals surface area contributed by atoms with Crippen molar-refractivity contribution in [2.45, 2.75) is 13.0 Å². The van der Waals surface area contributed by atoms with Crippen LogP contribution in [0.4, 0.5) is 11.4 Å². The van der Waals surface area contributed by atoms with Crippen molar-refractivity contribution in [2.75, 3.05) is 11.4 Å². The fourth-order valence-electron chi connectivity index (χ4n) is 2.98. The minimum Gasteiger partial charge on any atom is -0.363 e. The summed E-state index contributed by atoms with van der Waals surface area (Å²) in [5.74, 6) is 0.729. The fourth-order valence-corrected chi connectivity index (χ4v) is 2.98. The van der Waals surface area contributed by atoms with Gasteiger partial charge in [0.05, 0.1) is 17.2 Å². The third-order valence-electron chi connectivity index (χ3n) is 4.13. The number of non-ortho nitro benzene ring substituents is 1. The molecule has 0 radical (unpaired) electrons. The van der Waals surface area contributed by atoms with E-state index in [0.29, 0.717) is 6.54 Å². The maximum atomic E-state index is 10.9. The van der Waals surface area contributed by atoms with Gasteiger partial charge in [0.25, 0.3) is 5.69 Å². The highest BCUT2D eigenvalue weighted by Gasteiger charge is 2.23. The number of anilines is 1. The summed E-state index contributed by atoms with van der Waals surface area (Å²) in [4.78, 5) is 12.7. The van der Waals surface area contributed by atoms with E-state index in [4.69, 9.17) is 0 Å². The molecule has 2 heterocycles. The molecular formula is C16H14N6O2. The Morgan fingerprint density at radius 1 is 1.17 bits per heavy atom. The van der Waals surface area contributed by atoms with Crippen molar-refractivity contribution in [1.82, 2.24) is 20.2 Å². The lowest BCUT2D eigenvalue weighted by molar-refractivity contribution is -0.384. The predicted molar refractivity (Wildman–Crippen MR) is 87.0 cm³/mol. The van der Waals surface area contributed by atoms with Crippen LogP contribution in [0.1, 0.15) is 11.4 Å². The summed E-state index contributed by atoms with van der Waals surface area (Å²) in [7, 11) is 0. The average molecular weight is 322 g/mol. The third kappa shape index (κ3) is 2.47. The molecule has 0 saturated carbocycles. The second-order valence-electron chi connectivity index (χ2n) is 5.58. The zero-order chi connectivity index (χ0) is 16.5. The normalized spacial score (nSPS) is 13.1. The summed E-state index contributed by atoms with van der Waals surface area (Å²) >= 11 is 0. The molecule has 0 aliphatic carbocycles. The molecule has 1 aliphatic heterocycles. The van der Waals surface area contributed by atoms with Crippen molar-refractivity contribution >= 4 is 11.4 Å². The number of fused-ring (bicyclic) bond motifs is 1. The third-order valence-corrected chi connectivity index (χ3v) is 4.13. The van der Waals surface area contributed by atoms with Crippen LogP contribution in [0.25, 0.3) is 5.69 Å². The Labute approximate surface area is 137 Å². The van der Waals surface area contributed by atoms with Gasteiger partial charge in [0.1, 0.15) is 0 Å². The highest BCUT2D eigenvalue weighted by atomic mass is 16.6. The van der Waals surface area contributed by atoms with Crippen molar-refractivity contribution in [2.24, 2.45) is 0 Å². The van der Waals surface area contributed by atoms with E-state index < -0.39 is 0 Å². The molecule has 3 aromatic rings. The van der Waals surface area contributed by atoms with E-state index in [9.17, 15) is 10.1 Å². The fraction of sp³-hybridized carbons (Fsp3) is 0.188. The lowest BCUT2D eigenvalue weighted by Gasteiger charge is -2.18. The highest BCUT2D eigenvalue weighted by Crippen LogP contribution is 2.32. The number of benzene rings is 2. The van der Waals surface area contributed by atoms with E-state index in [0.717, 1.165) is 35.7 Å². The second kappa shape index (κ2) is 5.73. The zero-order valence-corrected chi connectivity index (χ0v) is 12.7. The molecule has 1 aliphatic rings. The Kier molecular flexibility index (Phi) is 3.42. The van der Waals surface area contributed by atoms with E-state index in [-0.39, 0.29) is 10.6 Å². The molecule has 0 fully saturated rings. The van der Waals surface area contributed by atoms with E-state index in [1.54, 1.807) is 16.8 Å². The van der Waals surface area contributed by atoms with Gasteiger partial charge in [-0.1, -0.05) is 18.2 Å². The van der Waals surface area contributed by atoms with Gasteiger partial charge in [-0.3, -0.25) is 10.1 Å². The highest BCUT2D eigenvalue weighted by molar-refractivity contribution is 5.61. The average Bonchev–Trinajstić information content (AvgIpc) is 3.23. The molecule has 1 aromatic heterocycles. The first-order chi connectivity index (χ1) is 11.7. The number of para-hydroxylation sites is 1. The first-order valence-corrected chi connectivity index (χ1v) is 7.57. The van der Waals surface area contributed by atoms with Crippen molar-refractivity contribution in [1.29, 1.82) is 0 Å². The van der Waals surface area contributed by atoms with E-state index in [1.807, 2.05) is 30.3 Å². The van der Waals surface area contributed by atoms with Crippen LogP contribution < -0.4 is 4.90 Å². The smallest absolute Gasteiger partial charge is 0.269 e. The van der Waals surface area contributed by atoms with Crippen LogP contribution in [0.15, 0.2) is 48.5 Å². The van der Waals surface area contributed by atoms with Gasteiger partial charge < -0.3 is 4.90 Å². The number of rotatable bonds is 4. The molecule has 8 nitrogen and oxygen atoms in total. The molecule has 0 N–H and O–H groups in total. The predicted octanol–water partition coefficient (Wildman–Crippen LogP) is 2.13. The van der Waals surface area contributed by atoms with Crippen molar-refractivity contribution in [3.05, 3.63) is 70.0 Å². The summed E-state index contributed by atoms with van der Waals surface area (Å²) in [6, 6.07) is 14.7. The van der Waals surface area contributed by atoms with Gasteiger partial charge in [-0.05, 0) is 40.6 Å². The van der Waals surface area contributed by atoms with E-state index >= 15 is 0 Å². The Bertz CT molecular complexity index is 893. The lowest BCUT2D eigenvalue weighted by Crippen LogP contribution is -2.22. The van der Waals surface area contributed by atoms with Gasteiger partial charge >= 0.3 is 0 Å². The number of hydrogen-bond acceptors (Lipinski definition) is 6. The van der Waals surface area contributed by atoms with Crippen molar-refractivity contribution in [3.63, 3.8) is 0 Å². The molecule has 24 heavy (non-hydrogen) atoms. The van der Waals surface area contributed by atoms with Gasteiger partial charge in [0.15, 0.2) is 5.82 Å². The second-order valence-corrected chi connectivity index (χ2v) is 5.58. The van der Waals surface area contributed by atoms with Crippen LogP contribution in [0.2, 0.25) is 0 Å². The van der Waals surface area contributed by atoms with Gasteiger partial charge in [0.2, 0.25) is 0 Å². The van der Waals surface area contributed by atoms with Gasteiger partial charge in [-0.15, -0.1) is 5.10 Å². The molecule has 2 aromatic carbocycles. The standard InChI is InChI=1S/C16H14N6O2/c23-22(24)14-6-7-15-12(10-14)8-9-20(15)11-16-17-18-19-21(16)13-4-2-1-3-5-13/h1-7,10H,8-9,11H2. The summed E-state index contributed by atoms with van der Waals surface area (Å²) in [5, 5.41) is 22.9. The molecule has 0 bridgehead atoms. The molecule has 4 rings (SSSR count). The van der Waals surface area contributed by atoms with Crippen LogP contribution in [0, 0.1) is 10.1 Å². The molecule has 0 amide bonds.